The maximum atomic E-state index is 12.5. The Kier molecular flexibility index (Phi) is 5.74. The van der Waals surface area contributed by atoms with Crippen molar-refractivity contribution in [2.24, 2.45) is 0 Å². The maximum absolute atomic E-state index is 12.5. The summed E-state index contributed by atoms with van der Waals surface area (Å²) in [6.45, 7) is -0.245. The van der Waals surface area contributed by atoms with Gasteiger partial charge < -0.3 is 10.1 Å². The highest BCUT2D eigenvalue weighted by molar-refractivity contribution is 6.02. The quantitative estimate of drug-likeness (QED) is 0.459. The molecule has 2 aromatic heterocycles. The fourth-order valence-electron chi connectivity index (χ4n) is 3.06. The number of alkyl halides is 2. The van der Waals surface area contributed by atoms with E-state index in [4.69, 9.17) is 0 Å². The Morgan fingerprint density at radius 2 is 1.94 bits per heavy atom. The zero-order valence-corrected chi connectivity index (χ0v) is 16.5. The van der Waals surface area contributed by atoms with E-state index in [9.17, 15) is 13.6 Å². The molecule has 0 unspecified atom stereocenters. The predicted molar refractivity (Wildman–Crippen MR) is 111 cm³/mol. The third-order valence-corrected chi connectivity index (χ3v) is 4.67. The first kappa shape index (κ1) is 20.3. The van der Waals surface area contributed by atoms with Crippen molar-refractivity contribution in [2.45, 2.75) is 20.1 Å². The van der Waals surface area contributed by atoms with Crippen LogP contribution in [0.15, 0.2) is 66.9 Å². The predicted octanol–water partition coefficient (Wildman–Crippen LogP) is 4.48. The lowest BCUT2D eigenvalue weighted by Crippen LogP contribution is -2.13. The average Bonchev–Trinajstić information content (AvgIpc) is 3.40. The number of nitrogens with one attached hydrogen (secondary N) is 2. The van der Waals surface area contributed by atoms with Gasteiger partial charge in [0.05, 0.1) is 12.2 Å². The maximum Gasteiger partial charge on any atom is 0.387 e. The average molecular weight is 423 g/mol. The summed E-state index contributed by atoms with van der Waals surface area (Å²) in [4.78, 5) is 12.5. The summed E-state index contributed by atoms with van der Waals surface area (Å²) in [5.74, 6) is 0.0781. The highest BCUT2D eigenvalue weighted by atomic mass is 19.3. The van der Waals surface area contributed by atoms with Gasteiger partial charge in [0.1, 0.15) is 11.4 Å². The number of hydrogen-bond acceptors (Lipinski definition) is 4. The van der Waals surface area contributed by atoms with Crippen LogP contribution in [0, 0.1) is 6.92 Å². The molecule has 31 heavy (non-hydrogen) atoms. The van der Waals surface area contributed by atoms with E-state index in [1.807, 2.05) is 31.2 Å². The number of aromatic amines is 1. The molecule has 0 spiro atoms. The molecular weight excluding hydrogens is 404 g/mol. The minimum Gasteiger partial charge on any atom is -0.435 e. The number of aromatic nitrogens is 4. The summed E-state index contributed by atoms with van der Waals surface area (Å²) in [7, 11) is 0. The van der Waals surface area contributed by atoms with Crippen LogP contribution in [0.1, 0.15) is 21.6 Å². The lowest BCUT2D eigenvalue weighted by molar-refractivity contribution is -0.0498. The van der Waals surface area contributed by atoms with Crippen LogP contribution >= 0.6 is 0 Å². The summed E-state index contributed by atoms with van der Waals surface area (Å²) >= 11 is 0. The number of aryl methyl sites for hydroxylation is 1. The van der Waals surface area contributed by atoms with E-state index in [0.717, 1.165) is 5.56 Å². The first-order valence-electron chi connectivity index (χ1n) is 9.48. The summed E-state index contributed by atoms with van der Waals surface area (Å²) in [5.41, 5.74) is 3.71. The number of hydrogen-bond donors (Lipinski definition) is 2. The molecule has 0 radical (unpaired) electrons. The van der Waals surface area contributed by atoms with Crippen molar-refractivity contribution >= 4 is 11.7 Å². The van der Waals surface area contributed by atoms with Gasteiger partial charge in [0, 0.05) is 17.8 Å². The van der Waals surface area contributed by atoms with Crippen LogP contribution in [-0.2, 0) is 6.54 Å². The molecule has 4 aromatic rings. The Hall–Kier alpha value is -4.01. The summed E-state index contributed by atoms with van der Waals surface area (Å²) in [6.07, 6.45) is 1.80. The molecule has 0 fully saturated rings. The van der Waals surface area contributed by atoms with E-state index in [0.29, 0.717) is 23.6 Å². The van der Waals surface area contributed by atoms with Gasteiger partial charge in [-0.3, -0.25) is 14.6 Å². The van der Waals surface area contributed by atoms with Crippen LogP contribution < -0.4 is 10.1 Å². The van der Waals surface area contributed by atoms with E-state index in [2.05, 4.69) is 25.3 Å². The second-order valence-corrected chi connectivity index (χ2v) is 6.85. The molecule has 0 aliphatic carbocycles. The zero-order valence-electron chi connectivity index (χ0n) is 16.5. The number of anilines is 1. The highest BCUT2D eigenvalue weighted by Crippen LogP contribution is 2.22. The molecule has 2 N–H and O–H groups in total. The summed E-state index contributed by atoms with van der Waals surface area (Å²) in [5, 5.41) is 13.9. The van der Waals surface area contributed by atoms with Crippen LogP contribution in [0.2, 0.25) is 0 Å². The SMILES string of the molecule is Cc1ccccc1Cn1ccc(NC(=O)c2cc(-c3ccc(OC(F)F)cc3)n[nH]2)n1. The molecule has 0 saturated carbocycles. The number of halogens is 2. The topological polar surface area (TPSA) is 84.8 Å². The molecule has 1 amide bonds. The number of amides is 1. The highest BCUT2D eigenvalue weighted by Gasteiger charge is 2.13. The number of H-pyrrole nitrogens is 1. The fraction of sp³-hybridized carbons (Fsp3) is 0.136. The van der Waals surface area contributed by atoms with Gasteiger partial charge in [-0.15, -0.1) is 0 Å². The van der Waals surface area contributed by atoms with E-state index in [-0.39, 0.29) is 11.4 Å². The number of benzene rings is 2. The number of carbonyl (C=O) groups is 1. The van der Waals surface area contributed by atoms with Gasteiger partial charge in [0.25, 0.3) is 5.91 Å². The van der Waals surface area contributed by atoms with E-state index < -0.39 is 12.5 Å². The van der Waals surface area contributed by atoms with Crippen LogP contribution in [0.25, 0.3) is 11.3 Å². The van der Waals surface area contributed by atoms with Crippen molar-refractivity contribution in [3.05, 3.63) is 83.7 Å². The molecule has 2 aromatic carbocycles. The largest absolute Gasteiger partial charge is 0.435 e. The lowest BCUT2D eigenvalue weighted by atomic mass is 10.1. The minimum atomic E-state index is -2.88. The van der Waals surface area contributed by atoms with Crippen molar-refractivity contribution in [2.75, 3.05) is 5.32 Å². The van der Waals surface area contributed by atoms with Gasteiger partial charge >= 0.3 is 6.61 Å². The zero-order chi connectivity index (χ0) is 21.8. The van der Waals surface area contributed by atoms with Crippen LogP contribution in [0.3, 0.4) is 0 Å². The molecule has 9 heteroatoms. The molecule has 158 valence electrons. The van der Waals surface area contributed by atoms with Crippen molar-refractivity contribution in [3.8, 4) is 17.0 Å². The third kappa shape index (κ3) is 4.95. The van der Waals surface area contributed by atoms with Gasteiger partial charge in [-0.05, 0) is 48.4 Å². The molecule has 0 aliphatic heterocycles. The lowest BCUT2D eigenvalue weighted by Gasteiger charge is -2.05. The molecule has 0 atom stereocenters. The molecule has 0 bridgehead atoms. The Labute approximate surface area is 176 Å². The van der Waals surface area contributed by atoms with E-state index in [1.165, 1.54) is 17.7 Å². The standard InChI is InChI=1S/C22H19F2N5O2/c1-14-4-2-3-5-16(14)13-29-11-10-20(28-29)25-21(30)19-12-18(26-27-19)15-6-8-17(9-7-15)31-22(23)24/h2-12,22H,13H2,1H3,(H,26,27)(H,25,28,30). The van der Waals surface area contributed by atoms with Crippen LogP contribution in [-0.4, -0.2) is 32.5 Å². The molecule has 4 rings (SSSR count). The van der Waals surface area contributed by atoms with Crippen molar-refractivity contribution < 1.29 is 18.3 Å². The fourth-order valence-corrected chi connectivity index (χ4v) is 3.06. The number of rotatable bonds is 7. The van der Waals surface area contributed by atoms with Crippen molar-refractivity contribution in [1.29, 1.82) is 0 Å². The number of nitrogens with zero attached hydrogens (tertiary/aromatic N) is 3. The normalized spacial score (nSPS) is 11.0. The second kappa shape index (κ2) is 8.78. The van der Waals surface area contributed by atoms with Crippen LogP contribution in [0.4, 0.5) is 14.6 Å². The number of carbonyl (C=O) groups excluding carboxylic acids is 1. The minimum absolute atomic E-state index is 0.0496. The number of ether oxygens (including phenoxy) is 1. The summed E-state index contributed by atoms with van der Waals surface area (Å²) < 4.78 is 30.6. The van der Waals surface area contributed by atoms with Gasteiger partial charge in [0.15, 0.2) is 5.82 Å². The second-order valence-electron chi connectivity index (χ2n) is 6.85. The first-order valence-corrected chi connectivity index (χ1v) is 9.48. The molecule has 2 heterocycles. The molecule has 0 saturated heterocycles. The monoisotopic (exact) mass is 423 g/mol. The van der Waals surface area contributed by atoms with Gasteiger partial charge in [0.2, 0.25) is 0 Å². The molecular formula is C22H19F2N5O2. The van der Waals surface area contributed by atoms with Crippen LogP contribution in [0.5, 0.6) is 5.75 Å². The molecule has 7 nitrogen and oxygen atoms in total. The van der Waals surface area contributed by atoms with Crippen molar-refractivity contribution in [1.82, 2.24) is 20.0 Å². The molecule has 0 aliphatic rings. The Bertz CT molecular complexity index is 1180. The van der Waals surface area contributed by atoms with Gasteiger partial charge in [-0.1, -0.05) is 24.3 Å². The Morgan fingerprint density at radius 1 is 1.16 bits per heavy atom. The van der Waals surface area contributed by atoms with Crippen molar-refractivity contribution in [3.63, 3.8) is 0 Å². The van der Waals surface area contributed by atoms with Gasteiger partial charge in [-0.25, -0.2) is 0 Å². The summed E-state index contributed by atoms with van der Waals surface area (Å²) in [6, 6.07) is 17.3. The Balaban J connectivity index is 1.40. The first-order chi connectivity index (χ1) is 15.0. The van der Waals surface area contributed by atoms with E-state index in [1.54, 1.807) is 35.1 Å². The smallest absolute Gasteiger partial charge is 0.387 e. The Morgan fingerprint density at radius 3 is 2.68 bits per heavy atom. The van der Waals surface area contributed by atoms with E-state index >= 15 is 0 Å². The third-order valence-electron chi connectivity index (χ3n) is 4.67. The van der Waals surface area contributed by atoms with Gasteiger partial charge in [-0.2, -0.15) is 19.0 Å².